The maximum Gasteiger partial charge on any atom is 0.181 e. The van der Waals surface area contributed by atoms with Crippen LogP contribution in [-0.4, -0.2) is 30.2 Å². The van der Waals surface area contributed by atoms with Gasteiger partial charge in [-0.15, -0.1) is 0 Å². The SMILES string of the molecule is OC1OC(COCc2ccccc2)CCC1OC(c1ccccc1)(c1ccccc1)c1ccccc1. The van der Waals surface area contributed by atoms with Crippen LogP contribution in [-0.2, 0) is 26.4 Å². The van der Waals surface area contributed by atoms with Gasteiger partial charge in [0.05, 0.1) is 19.3 Å². The molecule has 1 fully saturated rings. The number of aliphatic hydroxyl groups is 1. The molecule has 0 amide bonds. The molecule has 4 nitrogen and oxygen atoms in total. The van der Waals surface area contributed by atoms with Gasteiger partial charge in [0.15, 0.2) is 6.29 Å². The van der Waals surface area contributed by atoms with Crippen LogP contribution in [0.25, 0.3) is 0 Å². The van der Waals surface area contributed by atoms with E-state index in [1.807, 2.05) is 84.9 Å². The van der Waals surface area contributed by atoms with Crippen LogP contribution in [0.5, 0.6) is 0 Å². The van der Waals surface area contributed by atoms with Gasteiger partial charge in [-0.25, -0.2) is 0 Å². The number of benzene rings is 4. The van der Waals surface area contributed by atoms with E-state index >= 15 is 0 Å². The molecule has 5 rings (SSSR count). The molecular formula is C32H32O4. The molecule has 0 radical (unpaired) electrons. The lowest BCUT2D eigenvalue weighted by Gasteiger charge is -2.42. The van der Waals surface area contributed by atoms with Crippen molar-refractivity contribution in [2.75, 3.05) is 6.61 Å². The molecule has 0 aromatic heterocycles. The largest absolute Gasteiger partial charge is 0.374 e. The fourth-order valence-corrected chi connectivity index (χ4v) is 4.92. The highest BCUT2D eigenvalue weighted by Gasteiger charge is 2.43. The van der Waals surface area contributed by atoms with E-state index in [1.54, 1.807) is 0 Å². The third kappa shape index (κ3) is 5.43. The van der Waals surface area contributed by atoms with Crippen molar-refractivity contribution in [2.24, 2.45) is 0 Å². The van der Waals surface area contributed by atoms with Gasteiger partial charge in [0, 0.05) is 0 Å². The summed E-state index contributed by atoms with van der Waals surface area (Å²) in [6, 6.07) is 40.7. The molecule has 0 spiro atoms. The fraction of sp³-hybridized carbons (Fsp3) is 0.250. The van der Waals surface area contributed by atoms with Gasteiger partial charge in [-0.3, -0.25) is 0 Å². The molecule has 4 aromatic carbocycles. The Balaban J connectivity index is 1.37. The Morgan fingerprint density at radius 3 is 1.61 bits per heavy atom. The van der Waals surface area contributed by atoms with E-state index in [0.717, 1.165) is 28.7 Å². The minimum absolute atomic E-state index is 0.178. The average Bonchev–Trinajstić information content (AvgIpc) is 2.95. The minimum atomic E-state index is -1.06. The van der Waals surface area contributed by atoms with Crippen LogP contribution in [0.2, 0.25) is 0 Å². The third-order valence-corrected chi connectivity index (χ3v) is 6.71. The Morgan fingerprint density at radius 2 is 1.14 bits per heavy atom. The van der Waals surface area contributed by atoms with Crippen molar-refractivity contribution in [2.45, 2.75) is 43.5 Å². The van der Waals surface area contributed by atoms with E-state index in [4.69, 9.17) is 14.2 Å². The Hall–Kier alpha value is -3.28. The van der Waals surface area contributed by atoms with Crippen molar-refractivity contribution in [3.8, 4) is 0 Å². The van der Waals surface area contributed by atoms with Crippen molar-refractivity contribution >= 4 is 0 Å². The second-order valence-electron chi connectivity index (χ2n) is 9.16. The van der Waals surface area contributed by atoms with Gasteiger partial charge in [-0.1, -0.05) is 121 Å². The van der Waals surface area contributed by atoms with Crippen molar-refractivity contribution < 1.29 is 19.3 Å². The van der Waals surface area contributed by atoms with Gasteiger partial charge in [-0.05, 0) is 35.1 Å². The summed E-state index contributed by atoms with van der Waals surface area (Å²) in [5, 5.41) is 11.1. The molecule has 0 bridgehead atoms. The van der Waals surface area contributed by atoms with Crippen LogP contribution in [0.1, 0.15) is 35.1 Å². The van der Waals surface area contributed by atoms with Crippen molar-refractivity contribution in [3.05, 3.63) is 144 Å². The average molecular weight is 481 g/mol. The monoisotopic (exact) mass is 480 g/mol. The van der Waals surface area contributed by atoms with E-state index in [9.17, 15) is 5.11 Å². The summed E-state index contributed by atoms with van der Waals surface area (Å²) in [6.45, 7) is 0.954. The Labute approximate surface area is 213 Å². The van der Waals surface area contributed by atoms with Gasteiger partial charge in [-0.2, -0.15) is 0 Å². The topological polar surface area (TPSA) is 47.9 Å². The van der Waals surface area contributed by atoms with Crippen LogP contribution in [0, 0.1) is 0 Å². The summed E-state index contributed by atoms with van der Waals surface area (Å²) in [6.07, 6.45) is -0.335. The molecule has 36 heavy (non-hydrogen) atoms. The van der Waals surface area contributed by atoms with Crippen LogP contribution in [0.15, 0.2) is 121 Å². The Morgan fingerprint density at radius 1 is 0.667 bits per heavy atom. The summed E-state index contributed by atoms with van der Waals surface area (Å²) >= 11 is 0. The molecule has 0 aliphatic carbocycles. The maximum absolute atomic E-state index is 11.1. The normalized spacial score (nSPS) is 20.2. The molecule has 1 N–H and O–H groups in total. The second kappa shape index (κ2) is 11.6. The first kappa shape index (κ1) is 24.4. The van der Waals surface area contributed by atoms with E-state index in [-0.39, 0.29) is 6.10 Å². The number of ether oxygens (including phenoxy) is 3. The molecule has 1 saturated heterocycles. The summed E-state index contributed by atoms with van der Waals surface area (Å²) < 4.78 is 18.8. The van der Waals surface area contributed by atoms with Gasteiger partial charge in [0.25, 0.3) is 0 Å². The summed E-state index contributed by atoms with van der Waals surface area (Å²) in [7, 11) is 0. The second-order valence-corrected chi connectivity index (χ2v) is 9.16. The predicted octanol–water partition coefficient (Wildman–Crippen LogP) is 6.08. The number of rotatable bonds is 9. The van der Waals surface area contributed by atoms with E-state index < -0.39 is 18.0 Å². The highest BCUT2D eigenvalue weighted by atomic mass is 16.7. The molecule has 1 aliphatic heterocycles. The van der Waals surface area contributed by atoms with Crippen molar-refractivity contribution in [3.63, 3.8) is 0 Å². The molecule has 4 aromatic rings. The number of hydrogen-bond acceptors (Lipinski definition) is 4. The molecule has 3 unspecified atom stereocenters. The minimum Gasteiger partial charge on any atom is -0.374 e. The van der Waals surface area contributed by atoms with Crippen LogP contribution >= 0.6 is 0 Å². The van der Waals surface area contributed by atoms with E-state index in [1.165, 1.54) is 0 Å². The van der Waals surface area contributed by atoms with Gasteiger partial charge < -0.3 is 19.3 Å². The first-order chi connectivity index (χ1) is 17.8. The zero-order chi connectivity index (χ0) is 24.6. The Kier molecular flexibility index (Phi) is 7.89. The molecule has 3 atom stereocenters. The van der Waals surface area contributed by atoms with Crippen LogP contribution in [0.3, 0.4) is 0 Å². The molecule has 1 heterocycles. The van der Waals surface area contributed by atoms with Crippen molar-refractivity contribution in [1.29, 1.82) is 0 Å². The lowest BCUT2D eigenvalue weighted by atomic mass is 9.79. The molecular weight excluding hydrogens is 448 g/mol. The number of aliphatic hydroxyl groups excluding tert-OH is 1. The molecule has 1 aliphatic rings. The highest BCUT2D eigenvalue weighted by molar-refractivity contribution is 5.47. The smallest absolute Gasteiger partial charge is 0.181 e. The first-order valence-electron chi connectivity index (χ1n) is 12.6. The molecule has 4 heteroatoms. The van der Waals surface area contributed by atoms with Crippen LogP contribution in [0.4, 0.5) is 0 Å². The van der Waals surface area contributed by atoms with Crippen molar-refractivity contribution in [1.82, 2.24) is 0 Å². The summed E-state index contributed by atoms with van der Waals surface area (Å²) in [5.74, 6) is 0. The fourth-order valence-electron chi connectivity index (χ4n) is 4.92. The zero-order valence-electron chi connectivity index (χ0n) is 20.3. The lowest BCUT2D eigenvalue weighted by Crippen LogP contribution is -2.47. The van der Waals surface area contributed by atoms with E-state index in [2.05, 4.69) is 36.4 Å². The zero-order valence-corrected chi connectivity index (χ0v) is 20.3. The lowest BCUT2D eigenvalue weighted by molar-refractivity contribution is -0.253. The van der Waals surface area contributed by atoms with E-state index in [0.29, 0.717) is 19.6 Å². The van der Waals surface area contributed by atoms with Gasteiger partial charge in [0.1, 0.15) is 11.7 Å². The number of hydrogen-bond donors (Lipinski definition) is 1. The van der Waals surface area contributed by atoms with Gasteiger partial charge in [0.2, 0.25) is 0 Å². The Bertz CT molecular complexity index is 1090. The van der Waals surface area contributed by atoms with Gasteiger partial charge >= 0.3 is 0 Å². The third-order valence-electron chi connectivity index (χ3n) is 6.71. The standard InChI is InChI=1S/C32H32O4/c33-31-30(22-21-29(35-31)24-34-23-25-13-5-1-6-14-25)36-32(26-15-7-2-8-16-26,27-17-9-3-10-18-27)28-19-11-4-12-20-28/h1-20,29-31,33H,21-24H2. The first-order valence-corrected chi connectivity index (χ1v) is 12.6. The quantitative estimate of drug-likeness (QED) is 0.295. The molecule has 184 valence electrons. The highest BCUT2D eigenvalue weighted by Crippen LogP contribution is 2.43. The predicted molar refractivity (Wildman–Crippen MR) is 140 cm³/mol. The molecule has 0 saturated carbocycles. The van der Waals surface area contributed by atoms with Crippen LogP contribution < -0.4 is 0 Å². The summed E-state index contributed by atoms with van der Waals surface area (Å²) in [4.78, 5) is 0. The maximum atomic E-state index is 11.1. The summed E-state index contributed by atoms with van der Waals surface area (Å²) in [5.41, 5.74) is 3.23.